The number of nitrogens with zero attached hydrogens (tertiary/aromatic N) is 3. The van der Waals surface area contributed by atoms with E-state index in [1.807, 2.05) is 60.7 Å². The van der Waals surface area contributed by atoms with Crippen LogP contribution in [0, 0.1) is 0 Å². The van der Waals surface area contributed by atoms with Gasteiger partial charge in [-0.05, 0) is 30.3 Å². The molecule has 0 aliphatic carbocycles. The van der Waals surface area contributed by atoms with E-state index in [9.17, 15) is 9.59 Å². The first-order valence-electron chi connectivity index (χ1n) is 9.40. The van der Waals surface area contributed by atoms with Crippen molar-refractivity contribution in [3.05, 3.63) is 95.9 Å². The molecule has 4 rings (SSSR count). The predicted molar refractivity (Wildman–Crippen MR) is 117 cm³/mol. The van der Waals surface area contributed by atoms with Crippen LogP contribution in [0.5, 0.6) is 0 Å². The fraction of sp³-hybridized carbons (Fsp3) is 0.0435. The van der Waals surface area contributed by atoms with Gasteiger partial charge in [0.15, 0.2) is 17.5 Å². The average Bonchev–Trinajstić information content (AvgIpc) is 3.26. The Balaban J connectivity index is 1.55. The van der Waals surface area contributed by atoms with Gasteiger partial charge >= 0.3 is 5.97 Å². The molecule has 2 aromatic heterocycles. The van der Waals surface area contributed by atoms with Crippen molar-refractivity contribution in [1.82, 2.24) is 14.8 Å². The number of para-hydroxylation sites is 1. The summed E-state index contributed by atoms with van der Waals surface area (Å²) < 4.78 is 6.74. The number of hydrogen-bond acceptors (Lipinski definition) is 5. The van der Waals surface area contributed by atoms with Crippen LogP contribution in [0.3, 0.4) is 0 Å². The summed E-state index contributed by atoms with van der Waals surface area (Å²) in [6, 6.07) is 23.6. The van der Waals surface area contributed by atoms with Crippen molar-refractivity contribution in [2.24, 2.45) is 0 Å². The third-order valence-corrected chi connectivity index (χ3v) is 4.66. The number of nitrogens with one attached hydrogen (secondary N) is 1. The minimum atomic E-state index is -0.675. The van der Waals surface area contributed by atoms with Gasteiger partial charge in [-0.25, -0.2) is 14.5 Å². The number of esters is 1. The van der Waals surface area contributed by atoms with Gasteiger partial charge in [0.05, 0.1) is 17.1 Å². The highest BCUT2D eigenvalue weighted by atomic mass is 35.5. The number of ether oxygens (including phenoxy) is 1. The topological polar surface area (TPSA) is 86.1 Å². The Morgan fingerprint density at radius 3 is 2.39 bits per heavy atom. The number of rotatable bonds is 6. The number of anilines is 1. The molecule has 0 fully saturated rings. The van der Waals surface area contributed by atoms with Crippen LogP contribution in [0.25, 0.3) is 16.9 Å². The molecule has 0 radical (unpaired) electrons. The normalized spacial score (nSPS) is 10.5. The highest BCUT2D eigenvalue weighted by Crippen LogP contribution is 2.22. The Hall–Kier alpha value is -3.97. The van der Waals surface area contributed by atoms with Gasteiger partial charge in [0.25, 0.3) is 5.91 Å². The second kappa shape index (κ2) is 9.23. The Labute approximate surface area is 183 Å². The van der Waals surface area contributed by atoms with Crippen LogP contribution in [0.1, 0.15) is 10.5 Å². The van der Waals surface area contributed by atoms with Crippen LogP contribution in [-0.4, -0.2) is 33.2 Å². The molecule has 0 saturated carbocycles. The van der Waals surface area contributed by atoms with Crippen LogP contribution in [0.4, 0.5) is 5.69 Å². The lowest BCUT2D eigenvalue weighted by Gasteiger charge is -2.09. The zero-order valence-corrected chi connectivity index (χ0v) is 17.0. The van der Waals surface area contributed by atoms with Crippen molar-refractivity contribution in [2.45, 2.75) is 0 Å². The second-order valence-electron chi connectivity index (χ2n) is 6.49. The van der Waals surface area contributed by atoms with Gasteiger partial charge in [0.2, 0.25) is 0 Å². The summed E-state index contributed by atoms with van der Waals surface area (Å²) in [6.07, 6.45) is 1.51. The van der Waals surface area contributed by atoms with Crippen LogP contribution >= 0.6 is 11.6 Å². The Morgan fingerprint density at radius 2 is 1.68 bits per heavy atom. The molecule has 7 nitrogen and oxygen atoms in total. The zero-order valence-electron chi connectivity index (χ0n) is 16.2. The SMILES string of the molecule is O=C(COC(=O)c1cc(-c2ccccc2)nn1-c1ccccc1)Nc1cccnc1Cl. The summed E-state index contributed by atoms with van der Waals surface area (Å²) in [6.45, 7) is -0.481. The minimum Gasteiger partial charge on any atom is -0.451 e. The van der Waals surface area contributed by atoms with Crippen LogP contribution in [-0.2, 0) is 9.53 Å². The first kappa shape index (κ1) is 20.3. The summed E-state index contributed by atoms with van der Waals surface area (Å²) >= 11 is 5.93. The highest BCUT2D eigenvalue weighted by Gasteiger charge is 2.20. The molecule has 0 bridgehead atoms. The molecule has 1 N–H and O–H groups in total. The van der Waals surface area contributed by atoms with E-state index in [4.69, 9.17) is 16.3 Å². The molecule has 31 heavy (non-hydrogen) atoms. The molecule has 0 unspecified atom stereocenters. The van der Waals surface area contributed by atoms with E-state index in [2.05, 4.69) is 15.4 Å². The number of benzene rings is 2. The maximum Gasteiger partial charge on any atom is 0.357 e. The van der Waals surface area contributed by atoms with Crippen molar-refractivity contribution < 1.29 is 14.3 Å². The number of hydrogen-bond donors (Lipinski definition) is 1. The molecule has 2 aromatic carbocycles. The molecule has 0 aliphatic heterocycles. The third-order valence-electron chi connectivity index (χ3n) is 4.36. The van der Waals surface area contributed by atoms with Crippen LogP contribution < -0.4 is 5.32 Å². The molecule has 154 valence electrons. The molecule has 2 heterocycles. The number of aromatic nitrogens is 3. The number of carbonyl (C=O) groups excluding carboxylic acids is 2. The van der Waals surface area contributed by atoms with Gasteiger partial charge in [-0.2, -0.15) is 5.10 Å². The number of amides is 1. The van der Waals surface area contributed by atoms with Crippen molar-refractivity contribution in [2.75, 3.05) is 11.9 Å². The first-order chi connectivity index (χ1) is 15.1. The summed E-state index contributed by atoms with van der Waals surface area (Å²) in [5.74, 6) is -1.21. The molecule has 0 saturated heterocycles. The first-order valence-corrected chi connectivity index (χ1v) is 9.78. The van der Waals surface area contributed by atoms with Gasteiger partial charge in [0, 0.05) is 11.8 Å². The van der Waals surface area contributed by atoms with E-state index < -0.39 is 18.5 Å². The van der Waals surface area contributed by atoms with Crippen molar-refractivity contribution in [1.29, 1.82) is 0 Å². The van der Waals surface area contributed by atoms with E-state index >= 15 is 0 Å². The molecule has 1 amide bonds. The summed E-state index contributed by atoms with van der Waals surface area (Å²) in [5, 5.41) is 7.28. The molecular formula is C23H17ClN4O3. The van der Waals surface area contributed by atoms with E-state index in [1.54, 1.807) is 18.2 Å². The Bertz CT molecular complexity index is 1210. The summed E-state index contributed by atoms with van der Waals surface area (Å²) in [5.41, 5.74) is 2.71. The van der Waals surface area contributed by atoms with Gasteiger partial charge in [-0.1, -0.05) is 60.1 Å². The fourth-order valence-corrected chi connectivity index (χ4v) is 3.08. The van der Waals surface area contributed by atoms with E-state index in [0.717, 1.165) is 5.56 Å². The Morgan fingerprint density at radius 1 is 0.968 bits per heavy atom. The third kappa shape index (κ3) is 4.79. The van der Waals surface area contributed by atoms with Gasteiger partial charge in [-0.3, -0.25) is 4.79 Å². The maximum atomic E-state index is 12.8. The van der Waals surface area contributed by atoms with E-state index in [0.29, 0.717) is 17.1 Å². The lowest BCUT2D eigenvalue weighted by Crippen LogP contribution is -2.22. The zero-order chi connectivity index (χ0) is 21.6. The predicted octanol–water partition coefficient (Wildman–Crippen LogP) is 4.38. The second-order valence-corrected chi connectivity index (χ2v) is 6.85. The minimum absolute atomic E-state index is 0.150. The number of halogens is 1. The maximum absolute atomic E-state index is 12.8. The van der Waals surface area contributed by atoms with Gasteiger partial charge in [0.1, 0.15) is 0 Å². The van der Waals surface area contributed by atoms with Crippen molar-refractivity contribution in [3.8, 4) is 16.9 Å². The number of carbonyl (C=O) groups is 2. The average molecular weight is 433 g/mol. The van der Waals surface area contributed by atoms with E-state index in [-0.39, 0.29) is 10.8 Å². The largest absolute Gasteiger partial charge is 0.451 e. The molecule has 0 atom stereocenters. The lowest BCUT2D eigenvalue weighted by atomic mass is 10.1. The smallest absolute Gasteiger partial charge is 0.357 e. The standard InChI is InChI=1S/C23H17ClN4O3/c24-22-18(12-7-13-25-22)26-21(29)15-31-23(30)20-14-19(16-8-3-1-4-9-16)27-28(20)17-10-5-2-6-11-17/h1-14H,15H2,(H,26,29). The summed E-state index contributed by atoms with van der Waals surface area (Å²) in [7, 11) is 0. The van der Waals surface area contributed by atoms with Crippen LogP contribution in [0.2, 0.25) is 5.15 Å². The van der Waals surface area contributed by atoms with Crippen molar-refractivity contribution in [3.63, 3.8) is 0 Å². The van der Waals surface area contributed by atoms with Gasteiger partial charge < -0.3 is 10.1 Å². The molecule has 0 spiro atoms. The quantitative estimate of drug-likeness (QED) is 0.361. The monoisotopic (exact) mass is 432 g/mol. The Kier molecular flexibility index (Phi) is 6.05. The molecule has 0 aliphatic rings. The highest BCUT2D eigenvalue weighted by molar-refractivity contribution is 6.32. The van der Waals surface area contributed by atoms with Crippen LogP contribution in [0.15, 0.2) is 85.1 Å². The number of pyridine rings is 1. The van der Waals surface area contributed by atoms with Gasteiger partial charge in [-0.15, -0.1) is 0 Å². The van der Waals surface area contributed by atoms with E-state index in [1.165, 1.54) is 10.9 Å². The molecule has 8 heteroatoms. The summed E-state index contributed by atoms with van der Waals surface area (Å²) in [4.78, 5) is 28.9. The lowest BCUT2D eigenvalue weighted by molar-refractivity contribution is -0.119. The molecule has 4 aromatic rings. The molecular weight excluding hydrogens is 416 g/mol. The van der Waals surface area contributed by atoms with Crippen molar-refractivity contribution >= 4 is 29.2 Å². The fourth-order valence-electron chi connectivity index (χ4n) is 2.91.